The quantitative estimate of drug-likeness (QED) is 0.317. The summed E-state index contributed by atoms with van der Waals surface area (Å²) in [6.07, 6.45) is 1.42. The highest BCUT2D eigenvalue weighted by atomic mass is 32.1. The lowest BCUT2D eigenvalue weighted by Crippen LogP contribution is -2.13. The Kier molecular flexibility index (Phi) is 7.67. The number of nitrogens with zero attached hydrogens (tertiary/aromatic N) is 2. The van der Waals surface area contributed by atoms with Gasteiger partial charge in [0.05, 0.1) is 11.5 Å². The largest absolute Gasteiger partial charge is 0.494 e. The molecule has 2 heterocycles. The van der Waals surface area contributed by atoms with Crippen molar-refractivity contribution in [2.45, 2.75) is 26.2 Å². The van der Waals surface area contributed by atoms with Gasteiger partial charge in [-0.15, -0.1) is 11.3 Å². The van der Waals surface area contributed by atoms with E-state index in [9.17, 15) is 9.59 Å². The van der Waals surface area contributed by atoms with E-state index in [1.54, 1.807) is 59.9 Å². The summed E-state index contributed by atoms with van der Waals surface area (Å²) in [5.41, 5.74) is 1.79. The fourth-order valence-electron chi connectivity index (χ4n) is 3.20. The second kappa shape index (κ2) is 11.2. The smallest absolute Gasteiger partial charge is 0.255 e. The highest BCUT2D eigenvalue weighted by Gasteiger charge is 2.11. The van der Waals surface area contributed by atoms with E-state index < -0.39 is 0 Å². The maximum Gasteiger partial charge on any atom is 0.255 e. The van der Waals surface area contributed by atoms with E-state index in [1.807, 2.05) is 24.4 Å². The SMILES string of the molecule is CCOc1ccc(NC(=O)c2ccc(NC(=O)CCCc3nc(-c4cccs4)no3)cc2)cc1. The van der Waals surface area contributed by atoms with Gasteiger partial charge in [-0.3, -0.25) is 9.59 Å². The van der Waals surface area contributed by atoms with Gasteiger partial charge in [-0.1, -0.05) is 11.2 Å². The summed E-state index contributed by atoms with van der Waals surface area (Å²) in [4.78, 5) is 30.0. The van der Waals surface area contributed by atoms with Crippen LogP contribution >= 0.6 is 11.3 Å². The number of amides is 2. The molecule has 2 aromatic carbocycles. The van der Waals surface area contributed by atoms with Gasteiger partial charge in [0.25, 0.3) is 5.91 Å². The van der Waals surface area contributed by atoms with Gasteiger partial charge < -0.3 is 19.9 Å². The normalized spacial score (nSPS) is 10.6. The first-order valence-corrected chi connectivity index (χ1v) is 11.8. The van der Waals surface area contributed by atoms with Crippen molar-refractivity contribution >= 4 is 34.5 Å². The van der Waals surface area contributed by atoms with Crippen LogP contribution in [-0.2, 0) is 11.2 Å². The minimum atomic E-state index is -0.233. The standard InChI is InChI=1S/C25H24N4O4S/c1-2-32-20-14-12-19(13-15-20)27-25(31)17-8-10-18(11-9-17)26-22(30)6-3-7-23-28-24(29-33-23)21-5-4-16-34-21/h4-5,8-16H,2-3,6-7H2,1H3,(H,26,30)(H,27,31). The molecular weight excluding hydrogens is 452 g/mol. The van der Waals surface area contributed by atoms with Gasteiger partial charge in [-0.25, -0.2) is 0 Å². The van der Waals surface area contributed by atoms with Crippen LogP contribution < -0.4 is 15.4 Å². The van der Waals surface area contributed by atoms with Crippen molar-refractivity contribution < 1.29 is 18.8 Å². The molecule has 174 valence electrons. The Morgan fingerprint density at radius 2 is 1.74 bits per heavy atom. The number of aromatic nitrogens is 2. The molecule has 0 aliphatic carbocycles. The Bertz CT molecular complexity index is 1220. The molecule has 0 aliphatic rings. The average molecular weight is 477 g/mol. The van der Waals surface area contributed by atoms with Gasteiger partial charge in [0.1, 0.15) is 5.75 Å². The second-order valence-electron chi connectivity index (χ2n) is 7.38. The molecule has 4 rings (SSSR count). The molecule has 0 spiro atoms. The Hall–Kier alpha value is -3.98. The van der Waals surface area contributed by atoms with E-state index in [1.165, 1.54) is 0 Å². The summed E-state index contributed by atoms with van der Waals surface area (Å²) in [7, 11) is 0. The number of thiophene rings is 1. The van der Waals surface area contributed by atoms with Gasteiger partial charge in [0.2, 0.25) is 17.6 Å². The van der Waals surface area contributed by atoms with Crippen LogP contribution in [0.25, 0.3) is 10.7 Å². The molecule has 0 radical (unpaired) electrons. The van der Waals surface area contributed by atoms with Crippen molar-refractivity contribution in [2.75, 3.05) is 17.2 Å². The summed E-state index contributed by atoms with van der Waals surface area (Å²) in [6, 6.07) is 17.8. The van der Waals surface area contributed by atoms with Crippen LogP contribution in [0.5, 0.6) is 5.75 Å². The van der Waals surface area contributed by atoms with Crippen molar-refractivity contribution in [1.82, 2.24) is 10.1 Å². The minimum Gasteiger partial charge on any atom is -0.494 e. The highest BCUT2D eigenvalue weighted by Crippen LogP contribution is 2.22. The van der Waals surface area contributed by atoms with Crippen LogP contribution in [0.3, 0.4) is 0 Å². The van der Waals surface area contributed by atoms with Crippen molar-refractivity contribution in [2.24, 2.45) is 0 Å². The van der Waals surface area contributed by atoms with E-state index in [0.29, 0.717) is 54.5 Å². The first kappa shape index (κ1) is 23.2. The third-order valence-electron chi connectivity index (χ3n) is 4.86. The van der Waals surface area contributed by atoms with E-state index >= 15 is 0 Å². The Labute approximate surface area is 201 Å². The number of carbonyl (C=O) groups is 2. The van der Waals surface area contributed by atoms with Crippen LogP contribution in [-0.4, -0.2) is 28.6 Å². The number of ether oxygens (including phenoxy) is 1. The number of benzene rings is 2. The lowest BCUT2D eigenvalue weighted by Gasteiger charge is -2.08. The summed E-state index contributed by atoms with van der Waals surface area (Å²) >= 11 is 1.55. The molecular formula is C25H24N4O4S. The molecule has 0 atom stereocenters. The molecule has 8 nitrogen and oxygen atoms in total. The second-order valence-corrected chi connectivity index (χ2v) is 8.33. The van der Waals surface area contributed by atoms with Crippen molar-refractivity contribution in [3.63, 3.8) is 0 Å². The molecule has 0 saturated heterocycles. The number of rotatable bonds is 10. The van der Waals surface area contributed by atoms with E-state index in [0.717, 1.165) is 10.6 Å². The lowest BCUT2D eigenvalue weighted by molar-refractivity contribution is -0.116. The topological polar surface area (TPSA) is 106 Å². The first-order valence-electron chi connectivity index (χ1n) is 10.9. The van der Waals surface area contributed by atoms with Crippen molar-refractivity contribution in [3.05, 3.63) is 77.5 Å². The highest BCUT2D eigenvalue weighted by molar-refractivity contribution is 7.13. The van der Waals surface area contributed by atoms with Crippen LogP contribution in [0, 0.1) is 0 Å². The summed E-state index contributed by atoms with van der Waals surface area (Å²) in [6.45, 7) is 2.50. The predicted molar refractivity (Wildman–Crippen MR) is 131 cm³/mol. The molecule has 2 amide bonds. The lowest BCUT2D eigenvalue weighted by atomic mass is 10.1. The Morgan fingerprint density at radius 3 is 2.44 bits per heavy atom. The molecule has 2 N–H and O–H groups in total. The maximum atomic E-state index is 12.5. The number of hydrogen-bond acceptors (Lipinski definition) is 7. The molecule has 34 heavy (non-hydrogen) atoms. The third kappa shape index (κ3) is 6.29. The maximum absolute atomic E-state index is 12.5. The fourth-order valence-corrected chi connectivity index (χ4v) is 3.84. The summed E-state index contributed by atoms with van der Waals surface area (Å²) in [5.74, 6) is 1.48. The number of nitrogens with one attached hydrogen (secondary N) is 2. The molecule has 4 aromatic rings. The molecule has 0 aliphatic heterocycles. The molecule has 0 unspecified atom stereocenters. The van der Waals surface area contributed by atoms with Gasteiger partial charge in [0, 0.05) is 29.8 Å². The van der Waals surface area contributed by atoms with Crippen LogP contribution in [0.15, 0.2) is 70.6 Å². The number of anilines is 2. The van der Waals surface area contributed by atoms with Crippen LogP contribution in [0.1, 0.15) is 36.0 Å². The van der Waals surface area contributed by atoms with Gasteiger partial charge in [-0.05, 0) is 73.3 Å². The van der Waals surface area contributed by atoms with E-state index in [4.69, 9.17) is 9.26 Å². The molecule has 2 aromatic heterocycles. The zero-order valence-corrected chi connectivity index (χ0v) is 19.4. The molecule has 0 saturated carbocycles. The molecule has 9 heteroatoms. The predicted octanol–water partition coefficient (Wildman–Crippen LogP) is 5.41. The van der Waals surface area contributed by atoms with Gasteiger partial charge >= 0.3 is 0 Å². The number of hydrogen-bond donors (Lipinski definition) is 2. The van der Waals surface area contributed by atoms with E-state index in [-0.39, 0.29) is 11.8 Å². The monoisotopic (exact) mass is 476 g/mol. The summed E-state index contributed by atoms with van der Waals surface area (Å²) < 4.78 is 10.7. The van der Waals surface area contributed by atoms with E-state index in [2.05, 4.69) is 20.8 Å². The first-order chi connectivity index (χ1) is 16.6. The zero-order chi connectivity index (χ0) is 23.8. The zero-order valence-electron chi connectivity index (χ0n) is 18.6. The van der Waals surface area contributed by atoms with Gasteiger partial charge in [0.15, 0.2) is 0 Å². The number of carbonyl (C=O) groups excluding carboxylic acids is 2. The van der Waals surface area contributed by atoms with Crippen molar-refractivity contribution in [1.29, 1.82) is 0 Å². The third-order valence-corrected chi connectivity index (χ3v) is 5.72. The Balaban J connectivity index is 1.22. The summed E-state index contributed by atoms with van der Waals surface area (Å²) in [5, 5.41) is 11.6. The molecule has 0 fully saturated rings. The van der Waals surface area contributed by atoms with Crippen LogP contribution in [0.2, 0.25) is 0 Å². The molecule has 0 bridgehead atoms. The van der Waals surface area contributed by atoms with Crippen molar-refractivity contribution in [3.8, 4) is 16.5 Å². The Morgan fingerprint density at radius 1 is 1.00 bits per heavy atom. The average Bonchev–Trinajstić information content (AvgIpc) is 3.53. The number of aryl methyl sites for hydroxylation is 1. The van der Waals surface area contributed by atoms with Gasteiger partial charge in [-0.2, -0.15) is 4.98 Å². The van der Waals surface area contributed by atoms with Crippen LogP contribution in [0.4, 0.5) is 11.4 Å². The fraction of sp³-hybridized carbons (Fsp3) is 0.200. The minimum absolute atomic E-state index is 0.121.